The summed E-state index contributed by atoms with van der Waals surface area (Å²) in [5.41, 5.74) is 1.80. The lowest BCUT2D eigenvalue weighted by Gasteiger charge is -2.16. The first-order chi connectivity index (χ1) is 11.2. The molecule has 1 atom stereocenters. The smallest absolute Gasteiger partial charge is 0.249 e. The number of nitrogens with zero attached hydrogens (tertiary/aromatic N) is 4. The van der Waals surface area contributed by atoms with Gasteiger partial charge in [-0.15, -0.1) is 5.10 Å². The second-order valence-electron chi connectivity index (χ2n) is 4.99. The summed E-state index contributed by atoms with van der Waals surface area (Å²) in [5, 5.41) is 14.1. The van der Waals surface area contributed by atoms with Crippen LogP contribution in [0.1, 0.15) is 11.6 Å². The van der Waals surface area contributed by atoms with Gasteiger partial charge in [0.15, 0.2) is 0 Å². The average molecular weight is 419 g/mol. The van der Waals surface area contributed by atoms with Gasteiger partial charge in [-0.3, -0.25) is 4.79 Å². The largest absolute Gasteiger partial charge is 0.324 e. The standard InChI is InChI=1S/C16H14IN5O/c17-13-7-4-8-14(10-13)19-16(23)15(22-11-18-20-21-22)9-12-5-2-1-3-6-12/h1-8,10-11,15H,9H2,(H,19,23). The fourth-order valence-electron chi connectivity index (χ4n) is 2.25. The number of benzene rings is 2. The summed E-state index contributed by atoms with van der Waals surface area (Å²) in [6.45, 7) is 0. The molecule has 116 valence electrons. The molecule has 2 aromatic carbocycles. The van der Waals surface area contributed by atoms with Gasteiger partial charge in [0.05, 0.1) is 0 Å². The van der Waals surface area contributed by atoms with Crippen LogP contribution in [-0.4, -0.2) is 26.1 Å². The monoisotopic (exact) mass is 419 g/mol. The summed E-state index contributed by atoms with van der Waals surface area (Å²) in [6.07, 6.45) is 1.98. The zero-order valence-corrected chi connectivity index (χ0v) is 14.3. The van der Waals surface area contributed by atoms with Crippen molar-refractivity contribution in [1.29, 1.82) is 0 Å². The number of rotatable bonds is 5. The van der Waals surface area contributed by atoms with Crippen LogP contribution in [0.25, 0.3) is 0 Å². The number of anilines is 1. The summed E-state index contributed by atoms with van der Waals surface area (Å²) < 4.78 is 2.54. The molecular formula is C16H14IN5O. The van der Waals surface area contributed by atoms with Crippen molar-refractivity contribution in [3.05, 3.63) is 70.1 Å². The normalized spacial score (nSPS) is 11.9. The molecule has 3 aromatic rings. The molecule has 7 heteroatoms. The van der Waals surface area contributed by atoms with Crippen molar-refractivity contribution >= 4 is 34.2 Å². The lowest BCUT2D eigenvalue weighted by Crippen LogP contribution is -2.28. The van der Waals surface area contributed by atoms with Crippen LogP contribution in [0.15, 0.2) is 60.9 Å². The van der Waals surface area contributed by atoms with Gasteiger partial charge in [0, 0.05) is 15.7 Å². The topological polar surface area (TPSA) is 72.7 Å². The molecule has 0 bridgehead atoms. The third kappa shape index (κ3) is 4.13. The highest BCUT2D eigenvalue weighted by molar-refractivity contribution is 14.1. The van der Waals surface area contributed by atoms with E-state index in [4.69, 9.17) is 0 Å². The van der Waals surface area contributed by atoms with Crippen LogP contribution in [0.2, 0.25) is 0 Å². The van der Waals surface area contributed by atoms with Crippen LogP contribution < -0.4 is 5.32 Å². The predicted octanol–water partition coefficient (Wildman–Crippen LogP) is 2.70. The molecule has 0 aliphatic heterocycles. The Labute approximate surface area is 147 Å². The maximum absolute atomic E-state index is 12.7. The van der Waals surface area contributed by atoms with E-state index < -0.39 is 6.04 Å². The fraction of sp³-hybridized carbons (Fsp3) is 0.125. The SMILES string of the molecule is O=C(Nc1cccc(I)c1)C(Cc1ccccc1)n1cnnn1. The van der Waals surface area contributed by atoms with Gasteiger partial charge in [0.1, 0.15) is 12.4 Å². The number of aromatic nitrogens is 4. The Morgan fingerprint density at radius 2 is 2.00 bits per heavy atom. The van der Waals surface area contributed by atoms with E-state index in [-0.39, 0.29) is 5.91 Å². The van der Waals surface area contributed by atoms with Crippen LogP contribution in [0.4, 0.5) is 5.69 Å². The van der Waals surface area contributed by atoms with Gasteiger partial charge in [-0.2, -0.15) is 0 Å². The van der Waals surface area contributed by atoms with E-state index in [9.17, 15) is 4.79 Å². The molecule has 1 unspecified atom stereocenters. The molecule has 1 amide bonds. The first-order valence-electron chi connectivity index (χ1n) is 7.05. The Balaban J connectivity index is 1.82. The van der Waals surface area contributed by atoms with Gasteiger partial charge in [0.25, 0.3) is 0 Å². The summed E-state index contributed by atoms with van der Waals surface area (Å²) in [7, 11) is 0. The Hall–Kier alpha value is -2.29. The van der Waals surface area contributed by atoms with Gasteiger partial charge in [-0.25, -0.2) is 4.68 Å². The lowest BCUT2D eigenvalue weighted by atomic mass is 10.1. The van der Waals surface area contributed by atoms with Crippen LogP contribution in [-0.2, 0) is 11.2 Å². The number of hydrogen-bond donors (Lipinski definition) is 1. The molecule has 23 heavy (non-hydrogen) atoms. The number of tetrazole rings is 1. The highest BCUT2D eigenvalue weighted by atomic mass is 127. The van der Waals surface area contributed by atoms with E-state index in [0.717, 1.165) is 14.8 Å². The molecule has 6 nitrogen and oxygen atoms in total. The Morgan fingerprint density at radius 3 is 2.70 bits per heavy atom. The summed E-state index contributed by atoms with van der Waals surface area (Å²) in [4.78, 5) is 12.7. The first kappa shape index (κ1) is 15.6. The van der Waals surface area contributed by atoms with Crippen molar-refractivity contribution in [2.45, 2.75) is 12.5 Å². The second kappa shape index (κ2) is 7.32. The first-order valence-corrected chi connectivity index (χ1v) is 8.13. The van der Waals surface area contributed by atoms with Crippen molar-refractivity contribution in [2.75, 3.05) is 5.32 Å². The van der Waals surface area contributed by atoms with E-state index in [1.54, 1.807) is 0 Å². The molecule has 0 fully saturated rings. The third-order valence-electron chi connectivity index (χ3n) is 3.35. The van der Waals surface area contributed by atoms with Gasteiger partial charge >= 0.3 is 0 Å². The minimum atomic E-state index is -0.509. The minimum Gasteiger partial charge on any atom is -0.324 e. The molecule has 1 aromatic heterocycles. The number of nitrogens with one attached hydrogen (secondary N) is 1. The lowest BCUT2D eigenvalue weighted by molar-refractivity contribution is -0.119. The van der Waals surface area contributed by atoms with Crippen LogP contribution in [0.5, 0.6) is 0 Å². The molecule has 0 aliphatic carbocycles. The maximum Gasteiger partial charge on any atom is 0.249 e. The molecule has 0 spiro atoms. The van der Waals surface area contributed by atoms with E-state index in [2.05, 4.69) is 43.4 Å². The Bertz CT molecular complexity index is 776. The molecule has 0 saturated heterocycles. The molecular weight excluding hydrogens is 405 g/mol. The van der Waals surface area contributed by atoms with Crippen molar-refractivity contribution in [3.8, 4) is 0 Å². The van der Waals surface area contributed by atoms with Crippen molar-refractivity contribution < 1.29 is 4.79 Å². The van der Waals surface area contributed by atoms with Crippen LogP contribution >= 0.6 is 22.6 Å². The van der Waals surface area contributed by atoms with Crippen molar-refractivity contribution in [2.24, 2.45) is 0 Å². The van der Waals surface area contributed by atoms with Crippen LogP contribution in [0, 0.1) is 3.57 Å². The van der Waals surface area contributed by atoms with Gasteiger partial charge < -0.3 is 5.32 Å². The van der Waals surface area contributed by atoms with Crippen LogP contribution in [0.3, 0.4) is 0 Å². The fourth-order valence-corrected chi connectivity index (χ4v) is 2.79. The second-order valence-corrected chi connectivity index (χ2v) is 6.24. The van der Waals surface area contributed by atoms with Crippen molar-refractivity contribution in [3.63, 3.8) is 0 Å². The highest BCUT2D eigenvalue weighted by Crippen LogP contribution is 2.18. The number of carbonyl (C=O) groups excluding carboxylic acids is 1. The van der Waals surface area contributed by atoms with E-state index in [0.29, 0.717) is 6.42 Å². The number of amides is 1. The minimum absolute atomic E-state index is 0.150. The number of hydrogen-bond acceptors (Lipinski definition) is 4. The molecule has 0 aliphatic rings. The van der Waals surface area contributed by atoms with Gasteiger partial charge in [-0.1, -0.05) is 36.4 Å². The van der Waals surface area contributed by atoms with Crippen molar-refractivity contribution in [1.82, 2.24) is 20.2 Å². The molecule has 0 saturated carbocycles. The summed E-state index contributed by atoms with van der Waals surface area (Å²) >= 11 is 2.21. The zero-order chi connectivity index (χ0) is 16.1. The average Bonchev–Trinajstić information content (AvgIpc) is 3.07. The maximum atomic E-state index is 12.7. The Kier molecular flexibility index (Phi) is 4.96. The quantitative estimate of drug-likeness (QED) is 0.646. The van der Waals surface area contributed by atoms with E-state index >= 15 is 0 Å². The number of halogens is 1. The zero-order valence-electron chi connectivity index (χ0n) is 12.1. The van der Waals surface area contributed by atoms with Gasteiger partial charge in [0.2, 0.25) is 5.91 Å². The molecule has 1 N–H and O–H groups in total. The molecule has 3 rings (SSSR count). The highest BCUT2D eigenvalue weighted by Gasteiger charge is 2.22. The molecule has 0 radical (unpaired) electrons. The van der Waals surface area contributed by atoms with Gasteiger partial charge in [-0.05, 0) is 56.8 Å². The molecule has 1 heterocycles. The Morgan fingerprint density at radius 1 is 1.17 bits per heavy atom. The third-order valence-corrected chi connectivity index (χ3v) is 4.02. The number of carbonyl (C=O) groups is 1. The summed E-state index contributed by atoms with van der Waals surface area (Å²) in [5.74, 6) is -0.150. The summed E-state index contributed by atoms with van der Waals surface area (Å²) in [6, 6.07) is 16.9. The van der Waals surface area contributed by atoms with E-state index in [1.807, 2.05) is 54.6 Å². The van der Waals surface area contributed by atoms with E-state index in [1.165, 1.54) is 11.0 Å². The predicted molar refractivity (Wildman–Crippen MR) is 94.8 cm³/mol.